The molecule has 2 rings (SSSR count). The molecule has 1 aliphatic heterocycles. The van der Waals surface area contributed by atoms with Gasteiger partial charge in [0.15, 0.2) is 0 Å². The number of hydrogen-bond acceptors (Lipinski definition) is 2. The van der Waals surface area contributed by atoms with Crippen molar-refractivity contribution < 1.29 is 5.11 Å². The first kappa shape index (κ1) is 8.63. The van der Waals surface area contributed by atoms with Gasteiger partial charge < -0.3 is 10.4 Å². The third-order valence-corrected chi connectivity index (χ3v) is 2.00. The van der Waals surface area contributed by atoms with Gasteiger partial charge in [-0.1, -0.05) is 12.2 Å². The van der Waals surface area contributed by atoms with Crippen molar-refractivity contribution in [3.63, 3.8) is 0 Å². The van der Waals surface area contributed by atoms with Crippen LogP contribution >= 0.6 is 0 Å². The minimum atomic E-state index is 0.286. The summed E-state index contributed by atoms with van der Waals surface area (Å²) in [6.45, 7) is 0. The Kier molecular flexibility index (Phi) is 2.36. The Morgan fingerprint density at radius 1 is 0.929 bits per heavy atom. The third kappa shape index (κ3) is 1.85. The van der Waals surface area contributed by atoms with Gasteiger partial charge in [0.05, 0.1) is 0 Å². The maximum absolute atomic E-state index is 9.14. The predicted octanol–water partition coefficient (Wildman–Crippen LogP) is 2.41. The van der Waals surface area contributed by atoms with Crippen LogP contribution in [0.4, 0.5) is 0 Å². The van der Waals surface area contributed by atoms with Gasteiger partial charge in [-0.2, -0.15) is 0 Å². The molecule has 2 N–H and O–H groups in total. The van der Waals surface area contributed by atoms with Gasteiger partial charge in [-0.25, -0.2) is 0 Å². The SMILES string of the molecule is Oc1ccc(C2=CC=CC=CN2)cc1. The van der Waals surface area contributed by atoms with E-state index in [1.807, 2.05) is 42.6 Å². The second kappa shape index (κ2) is 3.83. The average molecular weight is 185 g/mol. The Morgan fingerprint density at radius 2 is 1.71 bits per heavy atom. The fourth-order valence-electron chi connectivity index (χ4n) is 1.28. The van der Waals surface area contributed by atoms with Crippen molar-refractivity contribution in [3.05, 3.63) is 60.3 Å². The average Bonchev–Trinajstić information content (AvgIpc) is 2.47. The number of hydrogen-bond donors (Lipinski definition) is 2. The number of allylic oxidation sites excluding steroid dienone is 4. The van der Waals surface area contributed by atoms with Crippen LogP contribution in [-0.2, 0) is 0 Å². The molecule has 2 nitrogen and oxygen atoms in total. The van der Waals surface area contributed by atoms with Crippen LogP contribution in [0.1, 0.15) is 5.56 Å². The van der Waals surface area contributed by atoms with Crippen LogP contribution < -0.4 is 5.32 Å². The Hall–Kier alpha value is -1.96. The first-order valence-electron chi connectivity index (χ1n) is 4.46. The summed E-state index contributed by atoms with van der Waals surface area (Å²) >= 11 is 0. The van der Waals surface area contributed by atoms with Gasteiger partial charge in [0, 0.05) is 11.9 Å². The van der Waals surface area contributed by atoms with Crippen LogP contribution in [0, 0.1) is 0 Å². The predicted molar refractivity (Wildman–Crippen MR) is 57.5 cm³/mol. The summed E-state index contributed by atoms with van der Waals surface area (Å²) in [4.78, 5) is 0. The molecule has 0 amide bonds. The van der Waals surface area contributed by atoms with Gasteiger partial charge in [0.25, 0.3) is 0 Å². The lowest BCUT2D eigenvalue weighted by Crippen LogP contribution is -2.02. The van der Waals surface area contributed by atoms with Gasteiger partial charge in [-0.3, -0.25) is 0 Å². The van der Waals surface area contributed by atoms with Crippen LogP contribution in [0.3, 0.4) is 0 Å². The lowest BCUT2D eigenvalue weighted by atomic mass is 10.1. The fraction of sp³-hybridized carbons (Fsp3) is 0. The van der Waals surface area contributed by atoms with E-state index < -0.39 is 0 Å². The van der Waals surface area contributed by atoms with E-state index in [-0.39, 0.29) is 5.75 Å². The molecule has 0 unspecified atom stereocenters. The van der Waals surface area contributed by atoms with Crippen molar-refractivity contribution in [3.8, 4) is 5.75 Å². The molecule has 1 aromatic rings. The minimum Gasteiger partial charge on any atom is -0.508 e. The highest BCUT2D eigenvalue weighted by molar-refractivity contribution is 5.67. The first-order chi connectivity index (χ1) is 6.86. The lowest BCUT2D eigenvalue weighted by Gasteiger charge is -2.05. The molecule has 1 aliphatic rings. The summed E-state index contributed by atoms with van der Waals surface area (Å²) in [6, 6.07) is 7.11. The van der Waals surface area contributed by atoms with Crippen LogP contribution in [0.5, 0.6) is 5.75 Å². The molecule has 0 radical (unpaired) electrons. The van der Waals surface area contributed by atoms with Gasteiger partial charge in [-0.15, -0.1) is 0 Å². The second-order valence-corrected chi connectivity index (χ2v) is 3.02. The highest BCUT2D eigenvalue weighted by Crippen LogP contribution is 2.16. The summed E-state index contributed by atoms with van der Waals surface area (Å²) in [6.07, 6.45) is 9.73. The number of phenolic OH excluding ortho intramolecular Hbond substituents is 1. The molecule has 0 saturated heterocycles. The second-order valence-electron chi connectivity index (χ2n) is 3.02. The highest BCUT2D eigenvalue weighted by atomic mass is 16.3. The Bertz CT molecular complexity index is 399. The molecule has 0 spiro atoms. The van der Waals surface area contributed by atoms with Gasteiger partial charge in [-0.05, 0) is 42.0 Å². The van der Waals surface area contributed by atoms with E-state index in [0.29, 0.717) is 0 Å². The molecular weight excluding hydrogens is 174 g/mol. The minimum absolute atomic E-state index is 0.286. The lowest BCUT2D eigenvalue weighted by molar-refractivity contribution is 0.475. The van der Waals surface area contributed by atoms with Crippen molar-refractivity contribution in [1.82, 2.24) is 5.32 Å². The molecule has 14 heavy (non-hydrogen) atoms. The number of nitrogens with one attached hydrogen (secondary N) is 1. The number of benzene rings is 1. The first-order valence-corrected chi connectivity index (χ1v) is 4.46. The Morgan fingerprint density at radius 3 is 2.50 bits per heavy atom. The topological polar surface area (TPSA) is 32.3 Å². The summed E-state index contributed by atoms with van der Waals surface area (Å²) < 4.78 is 0. The molecule has 70 valence electrons. The smallest absolute Gasteiger partial charge is 0.115 e. The standard InChI is InChI=1S/C12H11NO/c14-11-7-5-10(6-8-11)12-4-2-1-3-9-13-12/h1-9,13-14H. The van der Waals surface area contributed by atoms with E-state index in [4.69, 9.17) is 5.11 Å². The van der Waals surface area contributed by atoms with Gasteiger partial charge >= 0.3 is 0 Å². The van der Waals surface area contributed by atoms with E-state index in [1.165, 1.54) is 0 Å². The van der Waals surface area contributed by atoms with E-state index in [0.717, 1.165) is 11.3 Å². The van der Waals surface area contributed by atoms with E-state index in [2.05, 4.69) is 5.32 Å². The van der Waals surface area contributed by atoms with Crippen molar-refractivity contribution in [2.75, 3.05) is 0 Å². The van der Waals surface area contributed by atoms with Gasteiger partial charge in [0.2, 0.25) is 0 Å². The summed E-state index contributed by atoms with van der Waals surface area (Å²) in [7, 11) is 0. The van der Waals surface area contributed by atoms with Crippen molar-refractivity contribution in [2.45, 2.75) is 0 Å². The molecule has 0 aromatic heterocycles. The van der Waals surface area contributed by atoms with Crippen LogP contribution in [0.2, 0.25) is 0 Å². The van der Waals surface area contributed by atoms with Crippen molar-refractivity contribution in [1.29, 1.82) is 0 Å². The monoisotopic (exact) mass is 185 g/mol. The summed E-state index contributed by atoms with van der Waals surface area (Å²) in [5, 5.41) is 12.3. The zero-order valence-corrected chi connectivity index (χ0v) is 7.64. The molecule has 0 bridgehead atoms. The molecular formula is C12H11NO. The van der Waals surface area contributed by atoms with Crippen LogP contribution in [0.15, 0.2) is 54.8 Å². The molecule has 0 saturated carbocycles. The molecule has 1 aromatic carbocycles. The van der Waals surface area contributed by atoms with Crippen LogP contribution in [-0.4, -0.2) is 5.11 Å². The molecule has 1 heterocycles. The highest BCUT2D eigenvalue weighted by Gasteiger charge is 1.99. The third-order valence-electron chi connectivity index (χ3n) is 2.00. The Labute approximate surface area is 82.9 Å². The quantitative estimate of drug-likeness (QED) is 0.704. The Balaban J connectivity index is 2.31. The van der Waals surface area contributed by atoms with E-state index in [1.54, 1.807) is 12.1 Å². The summed E-state index contributed by atoms with van der Waals surface area (Å²) in [5.74, 6) is 0.286. The summed E-state index contributed by atoms with van der Waals surface area (Å²) in [5.41, 5.74) is 2.08. The fourth-order valence-corrected chi connectivity index (χ4v) is 1.28. The van der Waals surface area contributed by atoms with Crippen molar-refractivity contribution >= 4 is 5.70 Å². The number of aromatic hydroxyl groups is 1. The maximum atomic E-state index is 9.14. The number of rotatable bonds is 1. The zero-order chi connectivity index (χ0) is 9.80. The largest absolute Gasteiger partial charge is 0.508 e. The number of phenols is 1. The molecule has 0 atom stereocenters. The van der Waals surface area contributed by atoms with Crippen molar-refractivity contribution in [2.24, 2.45) is 0 Å². The molecule has 0 aliphatic carbocycles. The zero-order valence-electron chi connectivity index (χ0n) is 7.64. The van der Waals surface area contributed by atoms with Crippen LogP contribution in [0.25, 0.3) is 5.70 Å². The molecule has 2 heteroatoms. The maximum Gasteiger partial charge on any atom is 0.115 e. The normalized spacial score (nSPS) is 14.4. The molecule has 0 fully saturated rings. The van der Waals surface area contributed by atoms with Gasteiger partial charge in [0.1, 0.15) is 5.75 Å². The van der Waals surface area contributed by atoms with E-state index >= 15 is 0 Å². The van der Waals surface area contributed by atoms with E-state index in [9.17, 15) is 0 Å².